The third kappa shape index (κ3) is 3.86. The quantitative estimate of drug-likeness (QED) is 0.363. The minimum absolute atomic E-state index is 0.176. The Balaban J connectivity index is 1.45. The third-order valence-electron chi connectivity index (χ3n) is 7.48. The molecule has 198 valence electrons. The van der Waals surface area contributed by atoms with Gasteiger partial charge >= 0.3 is 0 Å². The van der Waals surface area contributed by atoms with Crippen molar-refractivity contribution >= 4 is 27.0 Å². The topological polar surface area (TPSA) is 110 Å². The van der Waals surface area contributed by atoms with Gasteiger partial charge in [0.2, 0.25) is 0 Å². The number of hydrogen-bond donors (Lipinski definition) is 1. The zero-order valence-electron chi connectivity index (χ0n) is 21.7. The summed E-state index contributed by atoms with van der Waals surface area (Å²) in [7, 11) is -0.370. The first-order valence-electron chi connectivity index (χ1n) is 12.5. The smallest absolute Gasteiger partial charge is 0.269 e. The average Bonchev–Trinajstić information content (AvgIpc) is 3.59. The summed E-state index contributed by atoms with van der Waals surface area (Å²) in [6.07, 6.45) is 5.16. The van der Waals surface area contributed by atoms with Crippen LogP contribution in [0.25, 0.3) is 33.7 Å². The number of fused-ring (bicyclic) bond motifs is 1. The molecule has 9 nitrogen and oxygen atoms in total. The summed E-state index contributed by atoms with van der Waals surface area (Å²) in [6, 6.07) is 17.5. The molecule has 2 aromatic carbocycles. The van der Waals surface area contributed by atoms with Crippen LogP contribution < -0.4 is 0 Å². The predicted octanol–water partition coefficient (Wildman–Crippen LogP) is 3.70. The first-order chi connectivity index (χ1) is 18.6. The monoisotopic (exact) mass is 541 g/mol. The highest BCUT2D eigenvalue weighted by Gasteiger charge is 2.45. The van der Waals surface area contributed by atoms with E-state index in [1.54, 1.807) is 74.2 Å². The second-order valence-electron chi connectivity index (χ2n) is 9.98. The summed E-state index contributed by atoms with van der Waals surface area (Å²) in [6.45, 7) is 2.39. The van der Waals surface area contributed by atoms with Crippen molar-refractivity contribution in [1.29, 1.82) is 0 Å². The van der Waals surface area contributed by atoms with Crippen LogP contribution in [0.15, 0.2) is 84.1 Å². The molecule has 1 fully saturated rings. The number of aromatic nitrogens is 4. The van der Waals surface area contributed by atoms with E-state index >= 15 is 0 Å². The zero-order chi connectivity index (χ0) is 27.5. The SMILES string of the molecule is Cc1ccc(S(=O)(=O)n2cc(-c3cnc(-c4cccc([C@]5(O)CCN(C)C5=O)c4)n3C)c3cccnc32)cc1. The van der Waals surface area contributed by atoms with Crippen LogP contribution >= 0.6 is 0 Å². The van der Waals surface area contributed by atoms with Crippen molar-refractivity contribution in [3.05, 3.63) is 90.4 Å². The van der Waals surface area contributed by atoms with Gasteiger partial charge < -0.3 is 14.6 Å². The fraction of sp³-hybridized carbons (Fsp3) is 0.207. The van der Waals surface area contributed by atoms with E-state index in [2.05, 4.69) is 9.97 Å². The predicted molar refractivity (Wildman–Crippen MR) is 147 cm³/mol. The van der Waals surface area contributed by atoms with Crippen LogP contribution in [0.3, 0.4) is 0 Å². The van der Waals surface area contributed by atoms with Gasteiger partial charge in [-0.05, 0) is 42.8 Å². The Hall–Kier alpha value is -4.28. The lowest BCUT2D eigenvalue weighted by Gasteiger charge is -2.21. The molecule has 3 aromatic heterocycles. The number of hydrogen-bond acceptors (Lipinski definition) is 6. The normalized spacial score (nSPS) is 17.8. The van der Waals surface area contributed by atoms with Gasteiger partial charge in [-0.3, -0.25) is 4.79 Å². The Bertz CT molecular complexity index is 1860. The molecular formula is C29H27N5O4S. The van der Waals surface area contributed by atoms with Crippen LogP contribution in [0.4, 0.5) is 0 Å². The van der Waals surface area contributed by atoms with E-state index in [-0.39, 0.29) is 10.8 Å². The summed E-state index contributed by atoms with van der Waals surface area (Å²) in [5.41, 5.74) is 2.33. The minimum atomic E-state index is -3.90. The standard InChI is InChI=1S/C29H27N5O4S/c1-19-9-11-22(12-10-19)39(37,38)34-18-24(23-8-5-14-30-27(23)34)25-17-31-26(33(25)3)20-6-4-7-21(16-20)29(36)13-15-32(2)28(29)35/h4-12,14,16-18,36H,13,15H2,1-3H3/t29-/m1/s1. The molecule has 1 N–H and O–H groups in total. The van der Waals surface area contributed by atoms with Gasteiger partial charge in [0.25, 0.3) is 15.9 Å². The molecule has 0 saturated carbocycles. The number of benzene rings is 2. The number of aliphatic hydroxyl groups is 1. The summed E-state index contributed by atoms with van der Waals surface area (Å²) in [5.74, 6) is 0.288. The lowest BCUT2D eigenvalue weighted by atomic mass is 9.91. The number of likely N-dealkylation sites (N-methyl/N-ethyl adjacent to an activating group) is 1. The highest BCUT2D eigenvalue weighted by molar-refractivity contribution is 7.90. The maximum Gasteiger partial charge on any atom is 0.269 e. The van der Waals surface area contributed by atoms with E-state index in [1.807, 2.05) is 30.7 Å². The van der Waals surface area contributed by atoms with Crippen LogP contribution in [0.2, 0.25) is 0 Å². The molecule has 39 heavy (non-hydrogen) atoms. The van der Waals surface area contributed by atoms with Crippen LogP contribution in [-0.2, 0) is 27.5 Å². The second-order valence-corrected chi connectivity index (χ2v) is 11.8. The number of carbonyl (C=O) groups is 1. The molecule has 10 heteroatoms. The average molecular weight is 542 g/mol. The molecular weight excluding hydrogens is 514 g/mol. The van der Waals surface area contributed by atoms with Crippen LogP contribution in [0.1, 0.15) is 17.5 Å². The summed E-state index contributed by atoms with van der Waals surface area (Å²) in [4.78, 5) is 23.4. The van der Waals surface area contributed by atoms with Gasteiger partial charge in [0.05, 0.1) is 16.8 Å². The van der Waals surface area contributed by atoms with Crippen molar-refractivity contribution in [2.24, 2.45) is 7.05 Å². The van der Waals surface area contributed by atoms with Gasteiger partial charge in [-0.25, -0.2) is 22.4 Å². The van der Waals surface area contributed by atoms with E-state index < -0.39 is 15.6 Å². The molecule has 0 bridgehead atoms. The molecule has 1 aliphatic rings. The molecule has 0 aliphatic carbocycles. The van der Waals surface area contributed by atoms with E-state index in [9.17, 15) is 18.3 Å². The molecule has 0 spiro atoms. The number of pyridine rings is 1. The van der Waals surface area contributed by atoms with E-state index in [0.717, 1.165) is 11.1 Å². The number of rotatable bonds is 5. The van der Waals surface area contributed by atoms with Crippen molar-refractivity contribution in [2.45, 2.75) is 23.8 Å². The Morgan fingerprint density at radius 1 is 1.00 bits per heavy atom. The largest absolute Gasteiger partial charge is 0.375 e. The Morgan fingerprint density at radius 2 is 1.77 bits per heavy atom. The van der Waals surface area contributed by atoms with E-state index in [4.69, 9.17) is 0 Å². The van der Waals surface area contributed by atoms with Gasteiger partial charge in [-0.15, -0.1) is 0 Å². The van der Waals surface area contributed by atoms with Crippen molar-refractivity contribution in [3.63, 3.8) is 0 Å². The Kier molecular flexibility index (Phi) is 5.70. The van der Waals surface area contributed by atoms with Crippen molar-refractivity contribution in [3.8, 4) is 22.6 Å². The first kappa shape index (κ1) is 25.0. The molecule has 1 atom stereocenters. The third-order valence-corrected chi connectivity index (χ3v) is 9.15. The van der Waals surface area contributed by atoms with Gasteiger partial charge in [-0.2, -0.15) is 0 Å². The number of amides is 1. The molecule has 1 aliphatic heterocycles. The number of carbonyl (C=O) groups excluding carboxylic acids is 1. The van der Waals surface area contributed by atoms with E-state index in [0.29, 0.717) is 46.6 Å². The molecule has 1 amide bonds. The highest BCUT2D eigenvalue weighted by Crippen LogP contribution is 2.37. The molecule has 4 heterocycles. The summed E-state index contributed by atoms with van der Waals surface area (Å²) in [5, 5.41) is 11.8. The van der Waals surface area contributed by atoms with Crippen LogP contribution in [0.5, 0.6) is 0 Å². The number of imidazole rings is 1. The van der Waals surface area contributed by atoms with Crippen LogP contribution in [0, 0.1) is 6.92 Å². The second kappa shape index (κ2) is 8.89. The Labute approximate surface area is 226 Å². The molecule has 5 aromatic rings. The molecule has 0 radical (unpaired) electrons. The Morgan fingerprint density at radius 3 is 2.49 bits per heavy atom. The van der Waals surface area contributed by atoms with E-state index in [1.165, 1.54) is 8.87 Å². The van der Waals surface area contributed by atoms with Crippen molar-refractivity contribution < 1.29 is 18.3 Å². The van der Waals surface area contributed by atoms with Crippen molar-refractivity contribution in [2.75, 3.05) is 13.6 Å². The highest BCUT2D eigenvalue weighted by atomic mass is 32.2. The van der Waals surface area contributed by atoms with Crippen LogP contribution in [-0.4, -0.2) is 56.4 Å². The lowest BCUT2D eigenvalue weighted by molar-refractivity contribution is -0.143. The van der Waals surface area contributed by atoms with Gasteiger partial charge in [0.15, 0.2) is 11.2 Å². The molecule has 1 saturated heterocycles. The zero-order valence-corrected chi connectivity index (χ0v) is 22.6. The first-order valence-corrected chi connectivity index (χ1v) is 13.9. The van der Waals surface area contributed by atoms with Crippen molar-refractivity contribution in [1.82, 2.24) is 23.4 Å². The lowest BCUT2D eigenvalue weighted by Crippen LogP contribution is -2.36. The maximum atomic E-state index is 13.6. The summed E-state index contributed by atoms with van der Waals surface area (Å²) < 4.78 is 30.3. The van der Waals surface area contributed by atoms with Gasteiger partial charge in [0, 0.05) is 56.0 Å². The molecule has 6 rings (SSSR count). The molecule has 0 unspecified atom stereocenters. The maximum absolute atomic E-state index is 13.6. The fourth-order valence-electron chi connectivity index (χ4n) is 5.21. The van der Waals surface area contributed by atoms with Gasteiger partial charge in [0.1, 0.15) is 5.82 Å². The number of nitrogens with zero attached hydrogens (tertiary/aromatic N) is 5. The minimum Gasteiger partial charge on any atom is -0.375 e. The summed E-state index contributed by atoms with van der Waals surface area (Å²) >= 11 is 0. The number of likely N-dealkylation sites (tertiary alicyclic amines) is 1. The van der Waals surface area contributed by atoms with Gasteiger partial charge in [-0.1, -0.05) is 35.9 Å². The number of aryl methyl sites for hydroxylation is 1. The fourth-order valence-corrected chi connectivity index (χ4v) is 6.53.